The van der Waals surface area contributed by atoms with Gasteiger partial charge in [0.05, 0.1) is 5.51 Å². The van der Waals surface area contributed by atoms with E-state index in [1.807, 2.05) is 48.1 Å². The Morgan fingerprint density at radius 3 is 1.84 bits per heavy atom. The molecule has 0 amide bonds. The Labute approximate surface area is 194 Å². The van der Waals surface area contributed by atoms with Gasteiger partial charge >= 0.3 is 0 Å². The summed E-state index contributed by atoms with van der Waals surface area (Å²) < 4.78 is 12.7. The summed E-state index contributed by atoms with van der Waals surface area (Å²) in [6.45, 7) is 5.38. The Morgan fingerprint density at radius 1 is 0.812 bits per heavy atom. The van der Waals surface area contributed by atoms with E-state index in [0.717, 1.165) is 38.6 Å². The first-order valence-electron chi connectivity index (χ1n) is 10.8. The van der Waals surface area contributed by atoms with Gasteiger partial charge < -0.3 is 9.47 Å². The average Bonchev–Trinajstić information content (AvgIpc) is 3.35. The van der Waals surface area contributed by atoms with Crippen LogP contribution in [0.4, 0.5) is 0 Å². The zero-order valence-corrected chi connectivity index (χ0v) is 19.2. The van der Waals surface area contributed by atoms with Gasteiger partial charge in [-0.05, 0) is 40.8 Å². The molecule has 0 aliphatic rings. The largest absolute Gasteiger partial charge is 0.488 e. The highest BCUT2D eigenvalue weighted by Crippen LogP contribution is 2.38. The van der Waals surface area contributed by atoms with Crippen molar-refractivity contribution in [3.05, 3.63) is 112 Å². The van der Waals surface area contributed by atoms with Crippen LogP contribution >= 0.6 is 11.3 Å². The van der Waals surface area contributed by atoms with Crippen LogP contribution < -0.4 is 9.47 Å². The molecule has 1 aromatic heterocycles. The van der Waals surface area contributed by atoms with Gasteiger partial charge in [-0.3, -0.25) is 4.98 Å². The number of thiazole rings is 1. The Balaban J connectivity index is 1.66. The van der Waals surface area contributed by atoms with Gasteiger partial charge in [0.15, 0.2) is 0 Å². The summed E-state index contributed by atoms with van der Waals surface area (Å²) >= 11 is 1.61. The van der Waals surface area contributed by atoms with E-state index in [1.54, 1.807) is 11.3 Å². The second-order valence-electron chi connectivity index (χ2n) is 7.87. The first kappa shape index (κ1) is 21.8. The summed E-state index contributed by atoms with van der Waals surface area (Å²) in [7, 11) is 0. The molecule has 0 bridgehead atoms. The number of hydrogen-bond donors (Lipinski definition) is 0. The Morgan fingerprint density at radius 2 is 1.38 bits per heavy atom. The molecule has 0 N–H and O–H groups in total. The highest BCUT2D eigenvalue weighted by molar-refractivity contribution is 7.10. The minimum Gasteiger partial charge on any atom is -0.488 e. The van der Waals surface area contributed by atoms with Gasteiger partial charge in [-0.2, -0.15) is 0 Å². The van der Waals surface area contributed by atoms with E-state index in [4.69, 9.17) is 9.47 Å². The zero-order valence-electron chi connectivity index (χ0n) is 18.4. The van der Waals surface area contributed by atoms with Crippen LogP contribution in [0.25, 0.3) is 12.2 Å². The van der Waals surface area contributed by atoms with Gasteiger partial charge in [0.2, 0.25) is 0 Å². The van der Waals surface area contributed by atoms with E-state index < -0.39 is 0 Å². The SMILES string of the molecule is CC(C)c1c(OCc2ccccc2)cc(C=Cc2cncs2)cc1OCc1ccccc1. The molecule has 0 atom stereocenters. The van der Waals surface area contributed by atoms with E-state index in [2.05, 4.69) is 67.4 Å². The smallest absolute Gasteiger partial charge is 0.127 e. The average molecular weight is 442 g/mol. The van der Waals surface area contributed by atoms with Crippen molar-refractivity contribution in [1.82, 2.24) is 4.98 Å². The summed E-state index contributed by atoms with van der Waals surface area (Å²) in [5.41, 5.74) is 6.24. The number of ether oxygens (including phenoxy) is 2. The maximum Gasteiger partial charge on any atom is 0.127 e. The van der Waals surface area contributed by atoms with Crippen molar-refractivity contribution in [2.45, 2.75) is 33.0 Å². The molecule has 3 nitrogen and oxygen atoms in total. The predicted octanol–water partition coefficient (Wildman–Crippen LogP) is 7.59. The lowest BCUT2D eigenvalue weighted by Crippen LogP contribution is -2.05. The molecule has 1 heterocycles. The standard InChI is InChI=1S/C28H27NO2S/c1-21(2)28-26(30-18-22-9-5-3-6-10-22)15-24(13-14-25-17-29-20-32-25)16-27(28)31-19-23-11-7-4-8-12-23/h3-17,20-21H,18-19H2,1-2H3. The summed E-state index contributed by atoms with van der Waals surface area (Å²) in [5.74, 6) is 1.97. The topological polar surface area (TPSA) is 31.4 Å². The summed E-state index contributed by atoms with van der Waals surface area (Å²) in [5, 5.41) is 0. The quantitative estimate of drug-likeness (QED) is 0.268. The van der Waals surface area contributed by atoms with Gasteiger partial charge in [-0.25, -0.2) is 0 Å². The third-order valence-electron chi connectivity index (χ3n) is 5.07. The van der Waals surface area contributed by atoms with E-state index in [1.165, 1.54) is 0 Å². The predicted molar refractivity (Wildman–Crippen MR) is 133 cm³/mol. The van der Waals surface area contributed by atoms with Crippen LogP contribution in [0.15, 0.2) is 84.5 Å². The third-order valence-corrected chi connectivity index (χ3v) is 5.81. The molecule has 4 rings (SSSR count). The van der Waals surface area contributed by atoms with E-state index in [9.17, 15) is 0 Å². The second-order valence-corrected chi connectivity index (χ2v) is 8.79. The van der Waals surface area contributed by atoms with Crippen molar-refractivity contribution in [2.24, 2.45) is 0 Å². The van der Waals surface area contributed by atoms with E-state index in [0.29, 0.717) is 13.2 Å². The maximum absolute atomic E-state index is 6.33. The molecule has 0 unspecified atom stereocenters. The lowest BCUT2D eigenvalue weighted by atomic mass is 9.98. The van der Waals surface area contributed by atoms with Crippen LogP contribution in [0, 0.1) is 0 Å². The molecule has 0 spiro atoms. The number of rotatable bonds is 9. The maximum atomic E-state index is 6.33. The molecule has 0 aliphatic heterocycles. The number of benzene rings is 3. The molecule has 4 aromatic rings. The Kier molecular flexibility index (Phi) is 7.36. The molecule has 0 aliphatic carbocycles. The first-order chi connectivity index (χ1) is 15.7. The van der Waals surface area contributed by atoms with Crippen molar-refractivity contribution >= 4 is 23.5 Å². The first-order valence-corrected chi connectivity index (χ1v) is 11.6. The van der Waals surface area contributed by atoms with Crippen LogP contribution in [-0.4, -0.2) is 4.98 Å². The third kappa shape index (κ3) is 5.86. The molecule has 32 heavy (non-hydrogen) atoms. The lowest BCUT2D eigenvalue weighted by molar-refractivity contribution is 0.282. The van der Waals surface area contributed by atoms with Crippen LogP contribution in [0.2, 0.25) is 0 Å². The number of aromatic nitrogens is 1. The summed E-state index contributed by atoms with van der Waals surface area (Å²) in [6.07, 6.45) is 6.02. The molecule has 0 fully saturated rings. The second kappa shape index (κ2) is 10.8. The van der Waals surface area contributed by atoms with Gasteiger partial charge in [-0.15, -0.1) is 11.3 Å². The van der Waals surface area contributed by atoms with Crippen molar-refractivity contribution < 1.29 is 9.47 Å². The van der Waals surface area contributed by atoms with E-state index >= 15 is 0 Å². The molecule has 3 aromatic carbocycles. The van der Waals surface area contributed by atoms with Crippen LogP contribution in [-0.2, 0) is 13.2 Å². The van der Waals surface area contributed by atoms with Gasteiger partial charge in [0.1, 0.15) is 24.7 Å². The minimum absolute atomic E-state index is 0.256. The van der Waals surface area contributed by atoms with Gasteiger partial charge in [0.25, 0.3) is 0 Å². The fourth-order valence-corrected chi connectivity index (χ4v) is 3.99. The van der Waals surface area contributed by atoms with Crippen molar-refractivity contribution in [1.29, 1.82) is 0 Å². The molecule has 0 radical (unpaired) electrons. The van der Waals surface area contributed by atoms with Crippen LogP contribution in [0.5, 0.6) is 11.5 Å². The molecule has 162 valence electrons. The molecular weight excluding hydrogens is 414 g/mol. The number of nitrogens with zero attached hydrogens (tertiary/aromatic N) is 1. The minimum atomic E-state index is 0.256. The molecule has 0 saturated carbocycles. The normalized spacial score (nSPS) is 11.2. The van der Waals surface area contributed by atoms with Gasteiger partial charge in [0, 0.05) is 16.6 Å². The van der Waals surface area contributed by atoms with Crippen molar-refractivity contribution in [3.63, 3.8) is 0 Å². The Hall–Kier alpha value is -3.37. The van der Waals surface area contributed by atoms with Crippen molar-refractivity contribution in [2.75, 3.05) is 0 Å². The summed E-state index contributed by atoms with van der Waals surface area (Å²) in [4.78, 5) is 5.26. The zero-order chi connectivity index (χ0) is 22.2. The van der Waals surface area contributed by atoms with E-state index in [-0.39, 0.29) is 5.92 Å². The monoisotopic (exact) mass is 441 g/mol. The molecule has 0 saturated heterocycles. The van der Waals surface area contributed by atoms with Crippen LogP contribution in [0.3, 0.4) is 0 Å². The molecular formula is C28H27NO2S. The number of hydrogen-bond acceptors (Lipinski definition) is 4. The molecule has 4 heteroatoms. The fourth-order valence-electron chi connectivity index (χ4n) is 3.48. The Bertz CT molecular complexity index is 1070. The fraction of sp³-hybridized carbons (Fsp3) is 0.179. The highest BCUT2D eigenvalue weighted by Gasteiger charge is 2.17. The highest BCUT2D eigenvalue weighted by atomic mass is 32.1. The van der Waals surface area contributed by atoms with Crippen molar-refractivity contribution in [3.8, 4) is 11.5 Å². The van der Waals surface area contributed by atoms with Gasteiger partial charge in [-0.1, -0.05) is 80.6 Å². The summed E-state index contributed by atoms with van der Waals surface area (Å²) in [6, 6.07) is 24.7. The van der Waals surface area contributed by atoms with Crippen LogP contribution in [0.1, 0.15) is 46.9 Å². The lowest BCUT2D eigenvalue weighted by Gasteiger charge is -2.20.